The molecule has 2 nitrogen and oxygen atoms in total. The van der Waals surface area contributed by atoms with E-state index in [4.69, 9.17) is 0 Å². The van der Waals surface area contributed by atoms with E-state index in [-0.39, 0.29) is 11.5 Å². The van der Waals surface area contributed by atoms with Crippen LogP contribution in [0.15, 0.2) is 61.2 Å². The molecule has 0 atom stereocenters. The molecule has 108 valence electrons. The Morgan fingerprint density at radius 3 is 2.24 bits per heavy atom. The summed E-state index contributed by atoms with van der Waals surface area (Å²) in [4.78, 5) is 12.0. The van der Waals surface area contributed by atoms with Gasteiger partial charge in [-0.2, -0.15) is 0 Å². The maximum atomic E-state index is 12.0. The highest BCUT2D eigenvalue weighted by Crippen LogP contribution is 2.21. The van der Waals surface area contributed by atoms with Crippen molar-refractivity contribution in [1.82, 2.24) is 0 Å². The third-order valence-corrected chi connectivity index (χ3v) is 3.52. The number of benzene rings is 2. The van der Waals surface area contributed by atoms with Crippen molar-refractivity contribution in [3.8, 4) is 5.75 Å². The average molecular weight is 280 g/mol. The smallest absolute Gasteiger partial charge is 0.166 e. The second kappa shape index (κ2) is 7.44. The van der Waals surface area contributed by atoms with Gasteiger partial charge in [0.25, 0.3) is 0 Å². The number of hydrogen-bond donors (Lipinski definition) is 1. The van der Waals surface area contributed by atoms with E-state index in [9.17, 15) is 9.90 Å². The molecule has 2 aromatic rings. The molecule has 0 radical (unpaired) electrons. The zero-order chi connectivity index (χ0) is 15.1. The van der Waals surface area contributed by atoms with Crippen molar-refractivity contribution < 1.29 is 9.90 Å². The Bertz CT molecular complexity index is 614. The molecule has 0 aliphatic carbocycles. The van der Waals surface area contributed by atoms with Crippen LogP contribution in [-0.2, 0) is 0 Å². The molecule has 0 saturated carbocycles. The van der Waals surface area contributed by atoms with Gasteiger partial charge in [-0.1, -0.05) is 49.0 Å². The third-order valence-electron chi connectivity index (χ3n) is 3.52. The lowest BCUT2D eigenvalue weighted by atomic mass is 9.99. The topological polar surface area (TPSA) is 37.3 Å². The maximum absolute atomic E-state index is 12.0. The number of aromatic hydroxyl groups is 1. The Morgan fingerprint density at radius 2 is 1.52 bits per heavy atom. The number of unbranched alkanes of at least 4 members (excludes halogenated alkanes) is 1. The Hall–Kier alpha value is -2.35. The highest BCUT2D eigenvalue weighted by atomic mass is 16.3. The van der Waals surface area contributed by atoms with Gasteiger partial charge in [0.2, 0.25) is 0 Å². The van der Waals surface area contributed by atoms with Crippen LogP contribution in [0.3, 0.4) is 0 Å². The summed E-state index contributed by atoms with van der Waals surface area (Å²) in [5, 5.41) is 9.64. The summed E-state index contributed by atoms with van der Waals surface area (Å²) in [7, 11) is 0. The molecule has 0 spiro atoms. The molecule has 0 amide bonds. The summed E-state index contributed by atoms with van der Waals surface area (Å²) in [5.74, 6) is 0.0645. The van der Waals surface area contributed by atoms with Crippen molar-refractivity contribution >= 4 is 11.4 Å². The predicted molar refractivity (Wildman–Crippen MR) is 86.4 cm³/mol. The molecule has 2 heteroatoms. The normalized spacial score (nSPS) is 10.3. The first-order valence-corrected chi connectivity index (χ1v) is 7.23. The molecule has 0 bridgehead atoms. The molecule has 0 fully saturated rings. The number of para-hydroxylation sites is 1. The highest BCUT2D eigenvalue weighted by molar-refractivity contribution is 5.98. The third kappa shape index (κ3) is 4.32. The Morgan fingerprint density at radius 1 is 0.905 bits per heavy atom. The summed E-state index contributed by atoms with van der Waals surface area (Å²) < 4.78 is 0. The van der Waals surface area contributed by atoms with Crippen LogP contribution in [0.25, 0.3) is 5.57 Å². The largest absolute Gasteiger partial charge is 0.507 e. The van der Waals surface area contributed by atoms with Gasteiger partial charge in [-0.05, 0) is 42.5 Å². The minimum Gasteiger partial charge on any atom is -0.507 e. The van der Waals surface area contributed by atoms with Crippen molar-refractivity contribution in [1.29, 1.82) is 0 Å². The van der Waals surface area contributed by atoms with Crippen molar-refractivity contribution in [3.05, 3.63) is 72.3 Å². The summed E-state index contributed by atoms with van der Waals surface area (Å²) in [6.45, 7) is 4.09. The number of ketones is 1. The molecule has 1 N–H and O–H groups in total. The lowest BCUT2D eigenvalue weighted by Gasteiger charge is -2.06. The molecule has 2 aromatic carbocycles. The predicted octanol–water partition coefficient (Wildman–Crippen LogP) is 4.85. The second-order valence-corrected chi connectivity index (χ2v) is 5.12. The van der Waals surface area contributed by atoms with E-state index in [1.165, 1.54) is 0 Å². The van der Waals surface area contributed by atoms with Crippen LogP contribution >= 0.6 is 0 Å². The molecule has 2 rings (SSSR count). The quantitative estimate of drug-likeness (QED) is 0.581. The SMILES string of the molecule is C=C(CCCCC(=O)c1ccccc1O)c1ccccc1. The molecule has 0 saturated heterocycles. The summed E-state index contributed by atoms with van der Waals surface area (Å²) >= 11 is 0. The molecule has 21 heavy (non-hydrogen) atoms. The minimum atomic E-state index is -0.00146. The van der Waals surface area contributed by atoms with E-state index in [1.54, 1.807) is 24.3 Å². The average Bonchev–Trinajstić information content (AvgIpc) is 2.52. The van der Waals surface area contributed by atoms with Crippen LogP contribution in [-0.4, -0.2) is 10.9 Å². The molecule has 0 aliphatic heterocycles. The van der Waals surface area contributed by atoms with Crippen LogP contribution in [0, 0.1) is 0 Å². The van der Waals surface area contributed by atoms with E-state index in [2.05, 4.69) is 18.7 Å². The zero-order valence-corrected chi connectivity index (χ0v) is 12.1. The first-order valence-electron chi connectivity index (χ1n) is 7.23. The Balaban J connectivity index is 1.76. The van der Waals surface area contributed by atoms with Gasteiger partial charge in [-0.3, -0.25) is 4.79 Å². The molecule has 0 unspecified atom stereocenters. The highest BCUT2D eigenvalue weighted by Gasteiger charge is 2.09. The van der Waals surface area contributed by atoms with Gasteiger partial charge in [0.05, 0.1) is 5.56 Å². The Kier molecular flexibility index (Phi) is 5.33. The van der Waals surface area contributed by atoms with Gasteiger partial charge in [-0.15, -0.1) is 0 Å². The first kappa shape index (κ1) is 15.0. The van der Waals surface area contributed by atoms with Crippen LogP contribution in [0.1, 0.15) is 41.6 Å². The van der Waals surface area contributed by atoms with Gasteiger partial charge < -0.3 is 5.11 Å². The molecule has 0 aromatic heterocycles. The fourth-order valence-corrected chi connectivity index (χ4v) is 2.29. The van der Waals surface area contributed by atoms with Crippen molar-refractivity contribution in [3.63, 3.8) is 0 Å². The van der Waals surface area contributed by atoms with E-state index in [0.717, 1.165) is 30.4 Å². The van der Waals surface area contributed by atoms with Gasteiger partial charge >= 0.3 is 0 Å². The van der Waals surface area contributed by atoms with E-state index in [0.29, 0.717) is 12.0 Å². The molecular weight excluding hydrogens is 260 g/mol. The second-order valence-electron chi connectivity index (χ2n) is 5.12. The van der Waals surface area contributed by atoms with Gasteiger partial charge in [0.15, 0.2) is 5.78 Å². The monoisotopic (exact) mass is 280 g/mol. The number of Topliss-reactive ketones (excluding diaryl/α,β-unsaturated/α-hetero) is 1. The van der Waals surface area contributed by atoms with Gasteiger partial charge in [0.1, 0.15) is 5.75 Å². The maximum Gasteiger partial charge on any atom is 0.166 e. The Labute approximate surface area is 125 Å². The fraction of sp³-hybridized carbons (Fsp3) is 0.211. The lowest BCUT2D eigenvalue weighted by molar-refractivity contribution is 0.0977. The summed E-state index contributed by atoms with van der Waals surface area (Å²) in [5.41, 5.74) is 2.68. The zero-order valence-electron chi connectivity index (χ0n) is 12.1. The number of carbonyl (C=O) groups is 1. The van der Waals surface area contributed by atoms with Crippen LogP contribution in [0.4, 0.5) is 0 Å². The molecular formula is C19H20O2. The van der Waals surface area contributed by atoms with Crippen LogP contribution < -0.4 is 0 Å². The van der Waals surface area contributed by atoms with Crippen LogP contribution in [0.5, 0.6) is 5.75 Å². The number of hydrogen-bond acceptors (Lipinski definition) is 2. The van der Waals surface area contributed by atoms with Crippen molar-refractivity contribution in [2.45, 2.75) is 25.7 Å². The number of allylic oxidation sites excluding steroid dienone is 1. The van der Waals surface area contributed by atoms with E-state index < -0.39 is 0 Å². The molecule has 0 aliphatic rings. The number of phenols is 1. The van der Waals surface area contributed by atoms with Crippen LogP contribution in [0.2, 0.25) is 0 Å². The lowest BCUT2D eigenvalue weighted by Crippen LogP contribution is -1.99. The van der Waals surface area contributed by atoms with E-state index >= 15 is 0 Å². The van der Waals surface area contributed by atoms with Gasteiger partial charge in [0, 0.05) is 6.42 Å². The van der Waals surface area contributed by atoms with Crippen molar-refractivity contribution in [2.24, 2.45) is 0 Å². The minimum absolute atomic E-state index is 0.00146. The summed E-state index contributed by atoms with van der Waals surface area (Å²) in [6.07, 6.45) is 3.07. The fourth-order valence-electron chi connectivity index (χ4n) is 2.29. The standard InChI is InChI=1S/C19H20O2/c1-15(16-10-3-2-4-11-16)9-5-7-13-18(20)17-12-6-8-14-19(17)21/h2-4,6,8,10-12,14,21H,1,5,7,9,13H2. The van der Waals surface area contributed by atoms with Crippen molar-refractivity contribution in [2.75, 3.05) is 0 Å². The number of carbonyl (C=O) groups excluding carboxylic acids is 1. The molecule has 0 heterocycles. The first-order chi connectivity index (χ1) is 10.2. The summed E-state index contributed by atoms with van der Waals surface area (Å²) in [6, 6.07) is 16.8. The van der Waals surface area contributed by atoms with E-state index in [1.807, 2.05) is 18.2 Å². The number of phenolic OH excluding ortho intramolecular Hbond substituents is 1. The van der Waals surface area contributed by atoms with Gasteiger partial charge in [-0.25, -0.2) is 0 Å². The number of rotatable bonds is 7.